The fourth-order valence-corrected chi connectivity index (χ4v) is 3.67. The maximum Gasteiger partial charge on any atom is 0.310 e. The molecule has 156 valence electrons. The van der Waals surface area contributed by atoms with Crippen molar-refractivity contribution in [3.8, 4) is 11.1 Å². The molecule has 0 unspecified atom stereocenters. The smallest absolute Gasteiger partial charge is 0.310 e. The van der Waals surface area contributed by atoms with E-state index in [-0.39, 0.29) is 18.3 Å². The van der Waals surface area contributed by atoms with Gasteiger partial charge in [-0.15, -0.1) is 0 Å². The Balaban J connectivity index is 2.09. The van der Waals surface area contributed by atoms with Crippen molar-refractivity contribution in [2.75, 3.05) is 0 Å². The van der Waals surface area contributed by atoms with E-state index in [2.05, 4.69) is 4.57 Å². The van der Waals surface area contributed by atoms with E-state index in [4.69, 9.17) is 5.11 Å². The lowest BCUT2D eigenvalue weighted by Gasteiger charge is -2.14. The molecule has 1 heterocycles. The van der Waals surface area contributed by atoms with Crippen LogP contribution in [0.3, 0.4) is 0 Å². The summed E-state index contributed by atoms with van der Waals surface area (Å²) in [5.41, 5.74) is 3.56. The minimum atomic E-state index is -1.21. The van der Waals surface area contributed by atoms with Gasteiger partial charge in [-0.05, 0) is 43.7 Å². The second-order valence-electron chi connectivity index (χ2n) is 7.49. The van der Waals surface area contributed by atoms with Gasteiger partial charge in [-0.3, -0.25) is 9.59 Å². The van der Waals surface area contributed by atoms with Gasteiger partial charge in [0.2, 0.25) is 0 Å². The lowest BCUT2D eigenvalue weighted by atomic mass is 10.0. The molecule has 0 aliphatic rings. The summed E-state index contributed by atoms with van der Waals surface area (Å²) in [6, 6.07) is 14.2. The van der Waals surface area contributed by atoms with Crippen LogP contribution in [0.4, 0.5) is 4.39 Å². The van der Waals surface area contributed by atoms with Crippen LogP contribution in [0.1, 0.15) is 38.4 Å². The Hall–Kier alpha value is -3.25. The number of aliphatic hydroxyl groups is 1. The number of fused-ring (bicyclic) bond motifs is 1. The number of carbonyl (C=O) groups is 2. The molecule has 2 aromatic carbocycles. The second kappa shape index (κ2) is 9.05. The second-order valence-corrected chi connectivity index (χ2v) is 7.49. The van der Waals surface area contributed by atoms with E-state index in [1.54, 1.807) is 18.2 Å². The van der Waals surface area contributed by atoms with E-state index < -0.39 is 24.3 Å². The average Bonchev–Trinajstić information content (AvgIpc) is 3.00. The zero-order chi connectivity index (χ0) is 21.8. The lowest BCUT2D eigenvalue weighted by molar-refractivity contribution is -0.140. The molecule has 2 N–H and O–H groups in total. The third kappa shape index (κ3) is 4.66. The minimum absolute atomic E-state index is 0.106. The molecule has 0 aliphatic carbocycles. The van der Waals surface area contributed by atoms with Crippen LogP contribution >= 0.6 is 0 Å². The summed E-state index contributed by atoms with van der Waals surface area (Å²) < 4.78 is 15.6. The maximum absolute atomic E-state index is 13.5. The number of carbonyl (C=O) groups excluding carboxylic acids is 1. The summed E-state index contributed by atoms with van der Waals surface area (Å²) in [5.74, 6) is -2.08. The highest BCUT2D eigenvalue weighted by molar-refractivity contribution is 6.01. The molecular formula is C24H24FNO4. The predicted octanol–water partition coefficient (Wildman–Crippen LogP) is 4.84. The maximum atomic E-state index is 13.5. The summed E-state index contributed by atoms with van der Waals surface area (Å²) >= 11 is 0. The first-order valence-corrected chi connectivity index (χ1v) is 9.76. The first-order chi connectivity index (χ1) is 14.3. The minimum Gasteiger partial charge on any atom is -0.481 e. The van der Waals surface area contributed by atoms with E-state index in [1.807, 2.05) is 38.1 Å². The standard InChI is InChI=1S/C24H24FNO4/c1-15(2)26-21-6-4-3-5-20(21)24(16-7-9-17(25)10-8-16)22(26)12-11-18(27)13-19(28)14-23(29)30/h3-12,15,18,27H,13-14H2,1-2H3,(H,29,30)/b12-11+/t18-/m0/s1. The predicted molar refractivity (Wildman–Crippen MR) is 115 cm³/mol. The number of aliphatic hydroxyl groups excluding tert-OH is 1. The van der Waals surface area contributed by atoms with Crippen molar-refractivity contribution in [3.05, 3.63) is 66.1 Å². The topological polar surface area (TPSA) is 79.5 Å². The molecule has 5 nitrogen and oxygen atoms in total. The number of halogens is 1. The molecule has 6 heteroatoms. The monoisotopic (exact) mass is 409 g/mol. The largest absolute Gasteiger partial charge is 0.481 e. The Bertz CT molecular complexity index is 1100. The highest BCUT2D eigenvalue weighted by Crippen LogP contribution is 2.37. The van der Waals surface area contributed by atoms with Crippen LogP contribution in [-0.4, -0.2) is 32.6 Å². The SMILES string of the molecule is CC(C)n1c(/C=C/[C@H](O)CC(=O)CC(=O)O)c(-c2ccc(F)cc2)c2ccccc21. The van der Waals surface area contributed by atoms with Gasteiger partial charge in [-0.1, -0.05) is 36.4 Å². The van der Waals surface area contributed by atoms with Gasteiger partial charge in [0.1, 0.15) is 18.0 Å². The van der Waals surface area contributed by atoms with Crippen LogP contribution in [0.25, 0.3) is 28.1 Å². The van der Waals surface area contributed by atoms with Crippen LogP contribution in [0.5, 0.6) is 0 Å². The number of ketones is 1. The number of para-hydroxylation sites is 1. The third-order valence-electron chi connectivity index (χ3n) is 4.86. The Morgan fingerprint density at radius 3 is 2.40 bits per heavy atom. The molecule has 0 radical (unpaired) electrons. The first-order valence-electron chi connectivity index (χ1n) is 9.76. The summed E-state index contributed by atoms with van der Waals surface area (Å²) in [7, 11) is 0. The van der Waals surface area contributed by atoms with Gasteiger partial charge in [0, 0.05) is 34.6 Å². The molecule has 0 aliphatic heterocycles. The van der Waals surface area contributed by atoms with Crippen LogP contribution in [0, 0.1) is 5.82 Å². The van der Waals surface area contributed by atoms with E-state index >= 15 is 0 Å². The van der Waals surface area contributed by atoms with Crippen LogP contribution in [-0.2, 0) is 9.59 Å². The number of aromatic nitrogens is 1. The first kappa shape index (κ1) is 21.5. The van der Waals surface area contributed by atoms with Crippen molar-refractivity contribution in [2.45, 2.75) is 38.8 Å². The zero-order valence-corrected chi connectivity index (χ0v) is 16.9. The van der Waals surface area contributed by atoms with Crippen molar-refractivity contribution in [1.82, 2.24) is 4.57 Å². The molecule has 0 fully saturated rings. The van der Waals surface area contributed by atoms with Gasteiger partial charge < -0.3 is 14.8 Å². The average molecular weight is 409 g/mol. The van der Waals surface area contributed by atoms with Gasteiger partial charge >= 0.3 is 5.97 Å². The summed E-state index contributed by atoms with van der Waals surface area (Å²) in [5, 5.41) is 19.9. The number of carboxylic acids is 1. The van der Waals surface area contributed by atoms with Crippen LogP contribution in [0.15, 0.2) is 54.6 Å². The molecule has 0 spiro atoms. The summed E-state index contributed by atoms with van der Waals surface area (Å²) in [6.07, 6.45) is 1.27. The number of aliphatic carboxylic acids is 1. The van der Waals surface area contributed by atoms with Crippen LogP contribution in [0.2, 0.25) is 0 Å². The molecule has 30 heavy (non-hydrogen) atoms. The number of nitrogens with zero attached hydrogens (tertiary/aromatic N) is 1. The molecule has 1 aromatic heterocycles. The quantitative estimate of drug-likeness (QED) is 0.522. The number of hydrogen-bond acceptors (Lipinski definition) is 3. The Morgan fingerprint density at radius 1 is 1.10 bits per heavy atom. The molecule has 0 amide bonds. The number of rotatable bonds is 8. The number of Topliss-reactive ketones (excluding diaryl/α,β-unsaturated/α-hetero) is 1. The van der Waals surface area contributed by atoms with E-state index in [9.17, 15) is 19.1 Å². The fraction of sp³-hybridized carbons (Fsp3) is 0.250. The number of carboxylic acid groups (broad SMARTS) is 1. The molecule has 3 aromatic rings. The Kier molecular flexibility index (Phi) is 6.47. The third-order valence-corrected chi connectivity index (χ3v) is 4.86. The normalized spacial score (nSPS) is 12.7. The summed E-state index contributed by atoms with van der Waals surface area (Å²) in [4.78, 5) is 22.4. The van der Waals surface area contributed by atoms with Crippen LogP contribution < -0.4 is 0 Å². The number of hydrogen-bond donors (Lipinski definition) is 2. The van der Waals surface area contributed by atoms with E-state index in [0.29, 0.717) is 0 Å². The van der Waals surface area contributed by atoms with Crippen molar-refractivity contribution >= 4 is 28.7 Å². The molecule has 0 bridgehead atoms. The van der Waals surface area contributed by atoms with Gasteiger partial charge in [0.15, 0.2) is 0 Å². The highest BCUT2D eigenvalue weighted by atomic mass is 19.1. The summed E-state index contributed by atoms with van der Waals surface area (Å²) in [6.45, 7) is 4.09. The molecule has 1 atom stereocenters. The lowest BCUT2D eigenvalue weighted by Crippen LogP contribution is -2.14. The Morgan fingerprint density at radius 2 is 1.77 bits per heavy atom. The van der Waals surface area contributed by atoms with Crippen molar-refractivity contribution in [2.24, 2.45) is 0 Å². The highest BCUT2D eigenvalue weighted by Gasteiger charge is 2.19. The molecule has 0 saturated heterocycles. The van der Waals surface area contributed by atoms with E-state index in [0.717, 1.165) is 27.7 Å². The van der Waals surface area contributed by atoms with Crippen molar-refractivity contribution in [3.63, 3.8) is 0 Å². The van der Waals surface area contributed by atoms with Gasteiger partial charge in [0.25, 0.3) is 0 Å². The zero-order valence-electron chi connectivity index (χ0n) is 16.9. The Labute approximate surface area is 174 Å². The van der Waals surface area contributed by atoms with Crippen molar-refractivity contribution in [1.29, 1.82) is 0 Å². The van der Waals surface area contributed by atoms with Gasteiger partial charge in [-0.2, -0.15) is 0 Å². The van der Waals surface area contributed by atoms with E-state index in [1.165, 1.54) is 18.2 Å². The van der Waals surface area contributed by atoms with Gasteiger partial charge in [-0.25, -0.2) is 4.39 Å². The number of benzene rings is 2. The van der Waals surface area contributed by atoms with Gasteiger partial charge in [0.05, 0.1) is 6.10 Å². The fourth-order valence-electron chi connectivity index (χ4n) is 3.67. The van der Waals surface area contributed by atoms with Crippen molar-refractivity contribution < 1.29 is 24.2 Å². The molecule has 3 rings (SSSR count). The molecular weight excluding hydrogens is 385 g/mol. The molecule has 0 saturated carbocycles.